The molecule has 0 atom stereocenters. The molecule has 2 aromatic carbocycles. The van der Waals surface area contributed by atoms with Gasteiger partial charge in [0.05, 0.1) is 17.5 Å². The third kappa shape index (κ3) is 4.22. The van der Waals surface area contributed by atoms with Crippen molar-refractivity contribution in [2.75, 3.05) is 5.32 Å². The molecule has 0 unspecified atom stereocenters. The fraction of sp³-hybridized carbons (Fsp3) is 0.0476. The first-order valence-corrected chi connectivity index (χ1v) is 9.36. The van der Waals surface area contributed by atoms with Gasteiger partial charge in [-0.3, -0.25) is 4.79 Å². The van der Waals surface area contributed by atoms with E-state index in [0.29, 0.717) is 22.0 Å². The lowest BCUT2D eigenvalue weighted by atomic mass is 10.1. The number of thiazole rings is 1. The number of aromatic nitrogens is 1. The zero-order valence-corrected chi connectivity index (χ0v) is 15.6. The van der Waals surface area contributed by atoms with Gasteiger partial charge in [-0.05, 0) is 36.4 Å². The Morgan fingerprint density at radius 3 is 2.55 bits per heavy atom. The van der Waals surface area contributed by atoms with Crippen LogP contribution in [0.1, 0.15) is 16.1 Å². The number of carbonyl (C=O) groups is 1. The summed E-state index contributed by atoms with van der Waals surface area (Å²) < 4.78 is 43.9. The van der Waals surface area contributed by atoms with Crippen molar-refractivity contribution in [2.45, 2.75) is 6.18 Å². The van der Waals surface area contributed by atoms with Crippen LogP contribution >= 0.6 is 11.3 Å². The van der Waals surface area contributed by atoms with Crippen LogP contribution in [0.4, 0.5) is 18.9 Å². The fourth-order valence-electron chi connectivity index (χ4n) is 2.72. The predicted octanol–water partition coefficient (Wildman–Crippen LogP) is 6.34. The molecule has 146 valence electrons. The van der Waals surface area contributed by atoms with E-state index in [9.17, 15) is 18.0 Å². The van der Waals surface area contributed by atoms with E-state index >= 15 is 0 Å². The summed E-state index contributed by atoms with van der Waals surface area (Å²) >= 11 is 1.25. The van der Waals surface area contributed by atoms with Gasteiger partial charge in [-0.1, -0.05) is 24.3 Å². The minimum absolute atomic E-state index is 0.191. The number of anilines is 1. The van der Waals surface area contributed by atoms with Crippen LogP contribution in [0.15, 0.2) is 76.7 Å². The van der Waals surface area contributed by atoms with E-state index in [4.69, 9.17) is 4.42 Å². The zero-order chi connectivity index (χ0) is 20.4. The van der Waals surface area contributed by atoms with Crippen molar-refractivity contribution < 1.29 is 22.4 Å². The van der Waals surface area contributed by atoms with Gasteiger partial charge in [0.25, 0.3) is 5.91 Å². The molecule has 1 amide bonds. The van der Waals surface area contributed by atoms with E-state index in [1.54, 1.807) is 41.8 Å². The number of nitrogens with zero attached hydrogens (tertiary/aromatic N) is 1. The van der Waals surface area contributed by atoms with Gasteiger partial charge < -0.3 is 9.73 Å². The second kappa shape index (κ2) is 7.56. The van der Waals surface area contributed by atoms with Crippen LogP contribution < -0.4 is 5.32 Å². The average molecular weight is 414 g/mol. The number of carbonyl (C=O) groups excluding carboxylic acids is 1. The Hall–Kier alpha value is -3.39. The molecular weight excluding hydrogens is 401 g/mol. The van der Waals surface area contributed by atoms with E-state index in [2.05, 4.69) is 10.3 Å². The smallest absolute Gasteiger partial charge is 0.416 e. The second-order valence-corrected chi connectivity index (χ2v) is 6.99. The Kier molecular flexibility index (Phi) is 4.94. The van der Waals surface area contributed by atoms with Crippen molar-refractivity contribution >= 4 is 22.9 Å². The highest BCUT2D eigenvalue weighted by Gasteiger charge is 2.30. The van der Waals surface area contributed by atoms with Gasteiger partial charge in [0.2, 0.25) is 0 Å². The maximum absolute atomic E-state index is 12.9. The maximum atomic E-state index is 12.9. The summed E-state index contributed by atoms with van der Waals surface area (Å²) in [7, 11) is 0. The molecule has 2 aromatic heterocycles. The molecule has 4 aromatic rings. The molecule has 0 bridgehead atoms. The van der Waals surface area contributed by atoms with E-state index in [-0.39, 0.29) is 11.7 Å². The zero-order valence-electron chi connectivity index (χ0n) is 14.7. The number of alkyl halides is 3. The number of furan rings is 1. The molecule has 0 aliphatic rings. The number of benzene rings is 2. The minimum atomic E-state index is -4.41. The molecule has 0 aliphatic carbocycles. The molecule has 4 nitrogen and oxygen atoms in total. The first kappa shape index (κ1) is 18.9. The monoisotopic (exact) mass is 414 g/mol. The fourth-order valence-corrected chi connectivity index (χ4v) is 3.55. The summed E-state index contributed by atoms with van der Waals surface area (Å²) in [6.45, 7) is 0. The molecule has 8 heteroatoms. The van der Waals surface area contributed by atoms with Crippen molar-refractivity contribution in [3.8, 4) is 21.8 Å². The molecule has 0 saturated heterocycles. The molecule has 0 aliphatic heterocycles. The SMILES string of the molecule is O=C(Nc1cccc(-c2csc(-c3cccc(C(F)(F)F)c3)n2)c1)c1ccco1. The summed E-state index contributed by atoms with van der Waals surface area (Å²) in [4.78, 5) is 16.6. The van der Waals surface area contributed by atoms with Crippen molar-refractivity contribution in [1.29, 1.82) is 0 Å². The summed E-state index contributed by atoms with van der Waals surface area (Å²) in [6.07, 6.45) is -2.99. The van der Waals surface area contributed by atoms with E-state index in [0.717, 1.165) is 17.7 Å². The van der Waals surface area contributed by atoms with Crippen molar-refractivity contribution in [2.24, 2.45) is 0 Å². The van der Waals surface area contributed by atoms with Crippen LogP contribution in [-0.4, -0.2) is 10.9 Å². The van der Waals surface area contributed by atoms with Crippen LogP contribution in [0, 0.1) is 0 Å². The Balaban J connectivity index is 1.58. The van der Waals surface area contributed by atoms with E-state index in [1.165, 1.54) is 23.7 Å². The summed E-state index contributed by atoms with van der Waals surface area (Å²) in [5.41, 5.74) is 1.58. The number of nitrogens with one attached hydrogen (secondary N) is 1. The third-order valence-corrected chi connectivity index (χ3v) is 4.99. The Bertz CT molecular complexity index is 1150. The predicted molar refractivity (Wildman–Crippen MR) is 105 cm³/mol. The van der Waals surface area contributed by atoms with Gasteiger partial charge in [0, 0.05) is 22.2 Å². The molecular formula is C21H13F3N2O2S. The Morgan fingerprint density at radius 2 is 1.79 bits per heavy atom. The third-order valence-electron chi connectivity index (χ3n) is 4.10. The molecule has 0 radical (unpaired) electrons. The van der Waals surface area contributed by atoms with Gasteiger partial charge in [-0.15, -0.1) is 11.3 Å². The Labute approximate surface area is 167 Å². The van der Waals surface area contributed by atoms with Gasteiger partial charge >= 0.3 is 6.18 Å². The number of hydrogen-bond acceptors (Lipinski definition) is 4. The maximum Gasteiger partial charge on any atom is 0.416 e. The molecule has 2 heterocycles. The van der Waals surface area contributed by atoms with Gasteiger partial charge in [-0.2, -0.15) is 13.2 Å². The molecule has 0 spiro atoms. The van der Waals surface area contributed by atoms with Crippen molar-refractivity contribution in [1.82, 2.24) is 4.98 Å². The number of amides is 1. The quantitative estimate of drug-likeness (QED) is 0.424. The van der Waals surface area contributed by atoms with Crippen LogP contribution in [-0.2, 0) is 6.18 Å². The molecule has 0 saturated carbocycles. The first-order chi connectivity index (χ1) is 13.9. The van der Waals surface area contributed by atoms with Crippen LogP contribution in [0.2, 0.25) is 0 Å². The lowest BCUT2D eigenvalue weighted by molar-refractivity contribution is -0.137. The molecule has 1 N–H and O–H groups in total. The molecule has 4 rings (SSSR count). The van der Waals surface area contributed by atoms with Gasteiger partial charge in [0.15, 0.2) is 5.76 Å². The lowest BCUT2D eigenvalue weighted by Crippen LogP contribution is -2.10. The summed E-state index contributed by atoms with van der Waals surface area (Å²) in [5.74, 6) is -0.189. The van der Waals surface area contributed by atoms with E-state index < -0.39 is 11.7 Å². The summed E-state index contributed by atoms with van der Waals surface area (Å²) in [6, 6.07) is 15.3. The minimum Gasteiger partial charge on any atom is -0.459 e. The largest absolute Gasteiger partial charge is 0.459 e. The van der Waals surface area contributed by atoms with Crippen molar-refractivity contribution in [3.63, 3.8) is 0 Å². The highest BCUT2D eigenvalue weighted by atomic mass is 32.1. The lowest BCUT2D eigenvalue weighted by Gasteiger charge is -2.07. The van der Waals surface area contributed by atoms with Gasteiger partial charge in [-0.25, -0.2) is 4.98 Å². The second-order valence-electron chi connectivity index (χ2n) is 6.13. The number of halogens is 3. The van der Waals surface area contributed by atoms with Crippen LogP contribution in [0.25, 0.3) is 21.8 Å². The number of hydrogen-bond donors (Lipinski definition) is 1. The molecule has 0 fully saturated rings. The van der Waals surface area contributed by atoms with Gasteiger partial charge in [0.1, 0.15) is 5.01 Å². The number of rotatable bonds is 4. The highest BCUT2D eigenvalue weighted by Crippen LogP contribution is 2.34. The average Bonchev–Trinajstić information content (AvgIpc) is 3.40. The first-order valence-electron chi connectivity index (χ1n) is 8.48. The highest BCUT2D eigenvalue weighted by molar-refractivity contribution is 7.13. The molecule has 29 heavy (non-hydrogen) atoms. The van der Waals surface area contributed by atoms with Crippen LogP contribution in [0.3, 0.4) is 0 Å². The summed E-state index contributed by atoms with van der Waals surface area (Å²) in [5, 5.41) is 4.98. The standard InChI is InChI=1S/C21H13F3N2O2S/c22-21(23,24)15-6-1-5-14(10-15)20-26-17(12-29-20)13-4-2-7-16(11-13)25-19(27)18-8-3-9-28-18/h1-12H,(H,25,27). The van der Waals surface area contributed by atoms with Crippen LogP contribution in [0.5, 0.6) is 0 Å². The van der Waals surface area contributed by atoms with Crippen molar-refractivity contribution in [3.05, 3.63) is 83.6 Å². The Morgan fingerprint density at radius 1 is 1.00 bits per heavy atom. The normalized spacial score (nSPS) is 11.4. The topological polar surface area (TPSA) is 55.1 Å². The van der Waals surface area contributed by atoms with E-state index in [1.807, 2.05) is 6.07 Å².